The number of benzene rings is 4. The predicted octanol–water partition coefficient (Wildman–Crippen LogP) is 2.90. The Bertz CT molecular complexity index is 3140. The maximum atomic E-state index is 12.1. The van der Waals surface area contributed by atoms with Crippen LogP contribution in [0.25, 0.3) is 21.8 Å². The van der Waals surface area contributed by atoms with Crippen molar-refractivity contribution in [2.75, 3.05) is 45.5 Å². The minimum atomic E-state index is -3.78. The van der Waals surface area contributed by atoms with E-state index < -0.39 is 41.0 Å². The van der Waals surface area contributed by atoms with Crippen molar-refractivity contribution < 1.29 is 56.5 Å². The molecular weight excluding hydrogens is 917 g/mol. The van der Waals surface area contributed by atoms with Gasteiger partial charge in [0.15, 0.2) is 29.2 Å². The zero-order valence-corrected chi connectivity index (χ0v) is 39.4. The second kappa shape index (κ2) is 21.1. The lowest BCUT2D eigenvalue weighted by Crippen LogP contribution is -2.49. The summed E-state index contributed by atoms with van der Waals surface area (Å²) in [7, 11) is -7.55. The minimum absolute atomic E-state index is 0.0460. The fourth-order valence-corrected chi connectivity index (χ4v) is 8.75. The number of nitrogens with zero attached hydrogens (tertiary/aromatic N) is 4. The quantitative estimate of drug-likeness (QED) is 0.0492. The van der Waals surface area contributed by atoms with E-state index in [0.717, 1.165) is 51.1 Å². The van der Waals surface area contributed by atoms with E-state index in [-0.39, 0.29) is 51.2 Å². The Hall–Kier alpha value is -6.62. The van der Waals surface area contributed by atoms with Gasteiger partial charge < -0.3 is 19.7 Å². The van der Waals surface area contributed by atoms with Gasteiger partial charge >= 0.3 is 0 Å². The number of aryl methyl sites for hydroxylation is 2. The highest BCUT2D eigenvalue weighted by Gasteiger charge is 2.44. The van der Waals surface area contributed by atoms with Gasteiger partial charge in [-0.05, 0) is 105 Å². The lowest BCUT2D eigenvalue weighted by atomic mass is 9.79. The molecule has 358 valence electrons. The van der Waals surface area contributed by atoms with E-state index in [1.165, 1.54) is 24.8 Å². The average molecular weight is 969 g/mol. The molecule has 6 N–H and O–H groups in total. The van der Waals surface area contributed by atoms with E-state index in [9.17, 15) is 31.5 Å². The highest BCUT2D eigenvalue weighted by atomic mass is 32.2. The van der Waals surface area contributed by atoms with Crippen LogP contribution in [0.3, 0.4) is 0 Å². The van der Waals surface area contributed by atoms with Crippen LogP contribution in [0, 0.1) is 23.7 Å². The molecule has 1 fully saturated rings. The van der Waals surface area contributed by atoms with Crippen LogP contribution in [0.15, 0.2) is 97.3 Å². The van der Waals surface area contributed by atoms with E-state index in [0.29, 0.717) is 30.0 Å². The Morgan fingerprint density at radius 3 is 1.47 bits per heavy atom. The van der Waals surface area contributed by atoms with Crippen LogP contribution in [0.4, 0.5) is 0 Å². The Kier molecular flexibility index (Phi) is 15.8. The maximum absolute atomic E-state index is 12.1. The summed E-state index contributed by atoms with van der Waals surface area (Å²) in [6.45, 7) is 4.16. The van der Waals surface area contributed by atoms with Gasteiger partial charge in [-0.1, -0.05) is 35.8 Å². The molecule has 0 radical (unpaired) electrons. The number of amides is 2. The van der Waals surface area contributed by atoms with Gasteiger partial charge in [-0.25, -0.2) is 27.8 Å². The van der Waals surface area contributed by atoms with Crippen LogP contribution >= 0.6 is 0 Å². The summed E-state index contributed by atoms with van der Waals surface area (Å²) >= 11 is 0. The van der Waals surface area contributed by atoms with Gasteiger partial charge in [0.25, 0.3) is 11.8 Å². The lowest BCUT2D eigenvalue weighted by Gasteiger charge is -2.40. The number of fused-ring (bicyclic) bond motifs is 2. The van der Waals surface area contributed by atoms with Gasteiger partial charge in [0.1, 0.15) is 12.4 Å². The smallest absolute Gasteiger partial charge is 0.264 e. The van der Waals surface area contributed by atoms with Crippen molar-refractivity contribution in [1.82, 2.24) is 30.5 Å². The molecule has 6 aromatic rings. The Morgan fingerprint density at radius 1 is 0.691 bits per heavy atom. The molecule has 1 aliphatic rings. The van der Waals surface area contributed by atoms with Crippen molar-refractivity contribution in [2.24, 2.45) is 0 Å². The van der Waals surface area contributed by atoms with Crippen molar-refractivity contribution in [3.8, 4) is 29.4 Å². The van der Waals surface area contributed by atoms with E-state index in [2.05, 4.69) is 33.9 Å². The molecule has 2 aromatic heterocycles. The number of carbonyl (C=O) groups is 2. The second-order valence-electron chi connectivity index (χ2n) is 16.8. The lowest BCUT2D eigenvalue weighted by molar-refractivity contribution is -0.132. The van der Waals surface area contributed by atoms with Gasteiger partial charge in [0, 0.05) is 71.0 Å². The molecular formula is C48H52N6O12S2. The highest BCUT2D eigenvalue weighted by Crippen LogP contribution is 2.32. The van der Waals surface area contributed by atoms with E-state index in [1.54, 1.807) is 33.9 Å². The Balaban J connectivity index is 0.000000224. The summed E-state index contributed by atoms with van der Waals surface area (Å²) in [6, 6.07) is 26.1. The Morgan fingerprint density at radius 2 is 1.10 bits per heavy atom. The van der Waals surface area contributed by atoms with Crippen LogP contribution in [0.5, 0.6) is 5.75 Å². The summed E-state index contributed by atoms with van der Waals surface area (Å²) in [4.78, 5) is 24.0. The molecule has 3 heterocycles. The van der Waals surface area contributed by atoms with Crippen LogP contribution < -0.4 is 15.7 Å². The molecule has 2 amide bonds. The normalized spacial score (nSPS) is 14.9. The van der Waals surface area contributed by atoms with Crippen molar-refractivity contribution in [3.05, 3.63) is 125 Å². The highest BCUT2D eigenvalue weighted by molar-refractivity contribution is 7.93. The van der Waals surface area contributed by atoms with Crippen LogP contribution in [-0.2, 0) is 52.5 Å². The molecule has 0 unspecified atom stereocenters. The summed E-state index contributed by atoms with van der Waals surface area (Å²) in [5, 5.41) is 46.9. The first-order valence-electron chi connectivity index (χ1n) is 21.2. The number of carbonyl (C=O) groups excluding carboxylic acids is 2. The standard InChI is InChI=1S/C25H27N3O6S.C23H25N3O6S/c1-24(23(30)27-31,35(2,32)33)11-12-28-14-20-13-19(7-10-22(20)26-28)4-3-18-5-8-21(9-6-18)25(15-29)16-34-17-25;1-23(22(28)25-29,33(2,30)31)11-12-26-16-19-15-18(7-10-21(19)24-26)4-3-17-5-8-20(9-6-17)32-14-13-27/h5-10,13-14,29,31H,11-12,15-17H2,1-2H3,(H,27,30);5-10,15-16,27,29H,11-14H2,1-2H3,(H,25,28)/t24-;23-/m11/s1. The van der Waals surface area contributed by atoms with E-state index in [4.69, 9.17) is 25.0 Å². The molecule has 0 spiro atoms. The zero-order chi connectivity index (χ0) is 49.3. The Labute approximate surface area is 393 Å². The van der Waals surface area contributed by atoms with Gasteiger partial charge in [-0.15, -0.1) is 0 Å². The number of rotatable bonds is 15. The minimum Gasteiger partial charge on any atom is -0.491 e. The van der Waals surface area contributed by atoms with Crippen LogP contribution in [0.2, 0.25) is 0 Å². The third-order valence-electron chi connectivity index (χ3n) is 12.0. The van der Waals surface area contributed by atoms with Crippen molar-refractivity contribution in [1.29, 1.82) is 0 Å². The van der Waals surface area contributed by atoms with Gasteiger partial charge in [-0.3, -0.25) is 29.4 Å². The number of aliphatic hydroxyl groups excluding tert-OH is 2. The molecule has 1 aliphatic heterocycles. The summed E-state index contributed by atoms with van der Waals surface area (Å²) in [6.07, 6.45) is 5.34. The number of ether oxygens (including phenoxy) is 2. The summed E-state index contributed by atoms with van der Waals surface area (Å²) in [5.74, 6) is 11.2. The first-order valence-corrected chi connectivity index (χ1v) is 24.9. The van der Waals surface area contributed by atoms with Crippen LogP contribution in [-0.4, -0.2) is 124 Å². The fraction of sp³-hybridized carbons (Fsp3) is 0.333. The van der Waals surface area contributed by atoms with Crippen LogP contribution in [0.1, 0.15) is 54.5 Å². The van der Waals surface area contributed by atoms with Crippen molar-refractivity contribution in [2.45, 2.75) is 54.7 Å². The number of hydrogen-bond donors (Lipinski definition) is 6. The van der Waals surface area contributed by atoms with E-state index >= 15 is 0 Å². The molecule has 2 atom stereocenters. The van der Waals surface area contributed by atoms with Crippen molar-refractivity contribution in [3.63, 3.8) is 0 Å². The van der Waals surface area contributed by atoms with E-state index in [1.807, 2.05) is 72.8 Å². The number of hydroxylamine groups is 2. The predicted molar refractivity (Wildman–Crippen MR) is 252 cm³/mol. The topological polar surface area (TPSA) is 261 Å². The summed E-state index contributed by atoms with van der Waals surface area (Å²) in [5.41, 5.74) is 8.27. The molecule has 20 heteroatoms. The third-order valence-corrected chi connectivity index (χ3v) is 16.1. The fourth-order valence-electron chi connectivity index (χ4n) is 7.06. The molecule has 68 heavy (non-hydrogen) atoms. The summed E-state index contributed by atoms with van der Waals surface area (Å²) < 4.78 is 58.7. The molecule has 4 aromatic carbocycles. The zero-order valence-electron chi connectivity index (χ0n) is 37.8. The molecule has 1 saturated heterocycles. The first-order chi connectivity index (χ1) is 32.3. The number of aromatic nitrogens is 4. The van der Waals surface area contributed by atoms with Gasteiger partial charge in [-0.2, -0.15) is 10.2 Å². The maximum Gasteiger partial charge on any atom is 0.264 e. The SMILES string of the molecule is C[C@@](CCn1cc2cc(C#Cc3ccc(C4(CO)COC4)cc3)ccc2n1)(C(=O)NO)S(C)(=O)=O.C[C@@](CCn1cc2cc(C#Cc3ccc(OCCO)cc3)ccc2n1)(C(=O)NO)S(C)(=O)=O. The molecule has 0 saturated carbocycles. The second-order valence-corrected chi connectivity index (χ2v) is 21.7. The average Bonchev–Trinajstić information content (AvgIpc) is 3.93. The number of hydrogen-bond acceptors (Lipinski definition) is 14. The molecule has 0 bridgehead atoms. The number of sulfone groups is 2. The number of nitrogens with one attached hydrogen (secondary N) is 2. The van der Waals surface area contributed by atoms with Gasteiger partial charge in [0.05, 0.1) is 42.9 Å². The largest absolute Gasteiger partial charge is 0.491 e. The molecule has 18 nitrogen and oxygen atoms in total. The molecule has 0 aliphatic carbocycles. The monoisotopic (exact) mass is 968 g/mol. The third kappa shape index (κ3) is 11.5. The van der Waals surface area contributed by atoms with Crippen molar-refractivity contribution >= 4 is 53.3 Å². The number of aliphatic hydroxyl groups is 2. The van der Waals surface area contributed by atoms with Gasteiger partial charge in [0.2, 0.25) is 0 Å². The first kappa shape index (κ1) is 50.8. The molecule has 7 rings (SSSR count).